The maximum absolute atomic E-state index is 6.16. The molecule has 42 heavy (non-hydrogen) atoms. The number of nitrogens with zero attached hydrogens (tertiary/aromatic N) is 1. The average Bonchev–Trinajstić information content (AvgIpc) is 3.78. The highest BCUT2D eigenvalue weighted by Gasteiger charge is 2.20. The van der Waals surface area contributed by atoms with Gasteiger partial charge >= 0.3 is 0 Å². The van der Waals surface area contributed by atoms with Gasteiger partial charge in [0, 0.05) is 36.8 Å². The minimum Gasteiger partial charge on any atom is -0.477 e. The van der Waals surface area contributed by atoms with E-state index in [2.05, 4.69) is 89.5 Å². The van der Waals surface area contributed by atoms with Crippen LogP contribution in [0.15, 0.2) is 116 Å². The Morgan fingerprint density at radius 2 is 1.71 bits per heavy atom. The van der Waals surface area contributed by atoms with Crippen LogP contribution >= 0.6 is 0 Å². The summed E-state index contributed by atoms with van der Waals surface area (Å²) in [6.07, 6.45) is 21.8. The Kier molecular flexibility index (Phi) is 6.94. The molecule has 4 N–H and O–H groups in total. The van der Waals surface area contributed by atoms with E-state index in [1.807, 2.05) is 18.5 Å². The molecule has 2 unspecified atom stereocenters. The molecule has 1 aromatic heterocycles. The number of nitrogens with one attached hydrogen (secondary N) is 2. The van der Waals surface area contributed by atoms with E-state index < -0.39 is 0 Å². The molecule has 2 aliphatic heterocycles. The van der Waals surface area contributed by atoms with Crippen LogP contribution in [0.25, 0.3) is 44.7 Å². The van der Waals surface area contributed by atoms with Crippen molar-refractivity contribution in [3.05, 3.63) is 139 Å². The summed E-state index contributed by atoms with van der Waals surface area (Å²) in [6.45, 7) is 0. The number of aromatic nitrogens is 1. The largest absolute Gasteiger partial charge is 0.477 e. The molecule has 0 saturated heterocycles. The van der Waals surface area contributed by atoms with Gasteiger partial charge in [-0.05, 0) is 68.6 Å². The minimum absolute atomic E-state index is 0.0305. The molecule has 0 saturated carbocycles. The molecule has 7 rings (SSSR count). The molecule has 0 fully saturated rings. The lowest BCUT2D eigenvalue weighted by Gasteiger charge is -2.22. The number of pyridine rings is 1. The molecule has 0 spiro atoms. The number of allylic oxidation sites excluding steroid dienone is 3. The maximum atomic E-state index is 6.16. The van der Waals surface area contributed by atoms with Crippen LogP contribution < -0.4 is 16.4 Å². The molecule has 6 heteroatoms. The van der Waals surface area contributed by atoms with Crippen LogP contribution in [0.4, 0.5) is 0 Å². The van der Waals surface area contributed by atoms with Gasteiger partial charge in [0.15, 0.2) is 6.23 Å². The number of ether oxygens (including phenoxy) is 2. The molecule has 3 aromatic carbocycles. The van der Waals surface area contributed by atoms with Crippen LogP contribution in [0.1, 0.15) is 41.5 Å². The van der Waals surface area contributed by atoms with Crippen LogP contribution in [0.3, 0.4) is 0 Å². The fraction of sp³-hybridized carbons (Fsp3) is 0.139. The first-order chi connectivity index (χ1) is 20.8. The molecule has 6 nitrogen and oxygen atoms in total. The van der Waals surface area contributed by atoms with E-state index in [1.165, 1.54) is 33.0 Å². The number of rotatable bonds is 7. The Morgan fingerprint density at radius 1 is 0.905 bits per heavy atom. The van der Waals surface area contributed by atoms with Crippen LogP contribution in [0.2, 0.25) is 0 Å². The molecular formula is C36H32N4O2. The highest BCUT2D eigenvalue weighted by molar-refractivity contribution is 6.05. The maximum Gasteiger partial charge on any atom is 0.212 e. The Balaban J connectivity index is 1.25. The summed E-state index contributed by atoms with van der Waals surface area (Å²) in [5, 5.41) is 8.76. The van der Waals surface area contributed by atoms with Gasteiger partial charge < -0.3 is 25.8 Å². The van der Waals surface area contributed by atoms with Crippen molar-refractivity contribution in [1.82, 2.24) is 15.6 Å². The molecule has 3 heterocycles. The monoisotopic (exact) mass is 552 g/mol. The topological polar surface area (TPSA) is 81.4 Å². The van der Waals surface area contributed by atoms with Gasteiger partial charge in [0.05, 0.1) is 0 Å². The second-order valence-corrected chi connectivity index (χ2v) is 10.5. The van der Waals surface area contributed by atoms with Crippen LogP contribution in [0.5, 0.6) is 0 Å². The van der Waals surface area contributed by atoms with Crippen molar-refractivity contribution in [3.63, 3.8) is 0 Å². The van der Waals surface area contributed by atoms with Gasteiger partial charge in [-0.3, -0.25) is 4.98 Å². The van der Waals surface area contributed by atoms with Gasteiger partial charge in [-0.2, -0.15) is 0 Å². The highest BCUT2D eigenvalue weighted by atomic mass is 16.5. The first-order valence-electron chi connectivity index (χ1n) is 14.3. The summed E-state index contributed by atoms with van der Waals surface area (Å²) < 4.78 is 11.1. The molecule has 4 aromatic rings. The Morgan fingerprint density at radius 3 is 2.48 bits per heavy atom. The standard InChI is InChI=1S/C36H32N4O2/c37-22-24(6-5-11-35-38-18-20-41-35)26-13-15-32(30-9-3-1-7-28(26)30)33-16-14-27(29-8-2-4-10-31(29)33)25-12-17-34(40-23-25)36-39-19-21-42-36/h1-2,4-8,10,12-23,35-36,38-39H,3,9,11,37H2/b6-5-,24-22+. The predicted molar refractivity (Wildman–Crippen MR) is 169 cm³/mol. The van der Waals surface area contributed by atoms with Gasteiger partial charge in [-0.25, -0.2) is 0 Å². The van der Waals surface area contributed by atoms with Crippen molar-refractivity contribution in [2.24, 2.45) is 5.73 Å². The second-order valence-electron chi connectivity index (χ2n) is 10.5. The third-order valence-corrected chi connectivity index (χ3v) is 8.04. The van der Waals surface area contributed by atoms with Crippen molar-refractivity contribution in [2.75, 3.05) is 0 Å². The zero-order valence-electron chi connectivity index (χ0n) is 23.2. The fourth-order valence-electron chi connectivity index (χ4n) is 6.00. The zero-order chi connectivity index (χ0) is 28.3. The zero-order valence-corrected chi connectivity index (χ0v) is 23.2. The van der Waals surface area contributed by atoms with E-state index in [0.29, 0.717) is 0 Å². The van der Waals surface area contributed by atoms with E-state index in [0.717, 1.165) is 47.2 Å². The van der Waals surface area contributed by atoms with Gasteiger partial charge in [-0.1, -0.05) is 78.9 Å². The molecular weight excluding hydrogens is 520 g/mol. The van der Waals surface area contributed by atoms with E-state index in [9.17, 15) is 0 Å². The first-order valence-corrected chi connectivity index (χ1v) is 14.3. The van der Waals surface area contributed by atoms with E-state index in [1.54, 1.807) is 24.9 Å². The van der Waals surface area contributed by atoms with Crippen LogP contribution in [-0.4, -0.2) is 11.2 Å². The molecule has 208 valence electrons. The molecule has 0 radical (unpaired) electrons. The Labute approximate surface area is 245 Å². The Bertz CT molecular complexity index is 1770. The fourth-order valence-corrected chi connectivity index (χ4v) is 6.00. The summed E-state index contributed by atoms with van der Waals surface area (Å²) in [5.41, 5.74) is 16.5. The Hall–Kier alpha value is -5.23. The van der Waals surface area contributed by atoms with Crippen molar-refractivity contribution in [1.29, 1.82) is 0 Å². The van der Waals surface area contributed by atoms with Gasteiger partial charge in [0.2, 0.25) is 6.23 Å². The minimum atomic E-state index is -0.234. The van der Waals surface area contributed by atoms with E-state index in [-0.39, 0.29) is 12.5 Å². The summed E-state index contributed by atoms with van der Waals surface area (Å²) in [6, 6.07) is 21.7. The number of hydrogen-bond donors (Lipinski definition) is 3. The van der Waals surface area contributed by atoms with Crippen molar-refractivity contribution < 1.29 is 9.47 Å². The quantitative estimate of drug-likeness (QED) is 0.209. The van der Waals surface area contributed by atoms with Crippen molar-refractivity contribution in [3.8, 4) is 22.3 Å². The van der Waals surface area contributed by atoms with Crippen molar-refractivity contribution in [2.45, 2.75) is 31.7 Å². The lowest BCUT2D eigenvalue weighted by atomic mass is 9.83. The predicted octanol–water partition coefficient (Wildman–Crippen LogP) is 7.28. The van der Waals surface area contributed by atoms with Crippen LogP contribution in [-0.2, 0) is 15.9 Å². The SMILES string of the molecule is N/C=C(\C=C/CC1NC=CO1)c1ccc(-c2ccc(-c3ccc(C4NC=CO4)nc3)c3ccccc23)c2c1C=CCC2. The number of hydrogen-bond acceptors (Lipinski definition) is 6. The molecule has 1 aliphatic carbocycles. The molecule has 2 atom stereocenters. The van der Waals surface area contributed by atoms with Gasteiger partial charge in [-0.15, -0.1) is 0 Å². The number of nitrogens with two attached hydrogens (primary N) is 1. The number of benzene rings is 3. The lowest BCUT2D eigenvalue weighted by molar-refractivity contribution is 0.150. The third kappa shape index (κ3) is 4.81. The van der Waals surface area contributed by atoms with Crippen LogP contribution in [0, 0.1) is 0 Å². The second kappa shape index (κ2) is 11.3. The van der Waals surface area contributed by atoms with E-state index >= 15 is 0 Å². The molecule has 0 amide bonds. The summed E-state index contributed by atoms with van der Waals surface area (Å²) in [7, 11) is 0. The summed E-state index contributed by atoms with van der Waals surface area (Å²) >= 11 is 0. The first kappa shape index (κ1) is 25.7. The van der Waals surface area contributed by atoms with Gasteiger partial charge in [0.1, 0.15) is 18.2 Å². The molecule has 0 bridgehead atoms. The molecule has 3 aliphatic rings. The summed E-state index contributed by atoms with van der Waals surface area (Å²) in [4.78, 5) is 4.69. The third-order valence-electron chi connectivity index (χ3n) is 8.04. The number of fused-ring (bicyclic) bond motifs is 2. The summed E-state index contributed by atoms with van der Waals surface area (Å²) in [5.74, 6) is 0. The normalized spacial score (nSPS) is 19.0. The highest BCUT2D eigenvalue weighted by Crippen LogP contribution is 2.41. The van der Waals surface area contributed by atoms with Gasteiger partial charge in [0.25, 0.3) is 0 Å². The average molecular weight is 553 g/mol. The van der Waals surface area contributed by atoms with E-state index in [4.69, 9.17) is 20.2 Å². The van der Waals surface area contributed by atoms with Crippen molar-refractivity contribution >= 4 is 22.4 Å². The smallest absolute Gasteiger partial charge is 0.212 e. The lowest BCUT2D eigenvalue weighted by Crippen LogP contribution is -2.19.